The maximum absolute atomic E-state index is 3.96. The van der Waals surface area contributed by atoms with Gasteiger partial charge in [-0.05, 0) is 21.0 Å². The zero-order valence-electron chi connectivity index (χ0n) is 9.07. The molecule has 0 amide bonds. The van der Waals surface area contributed by atoms with Gasteiger partial charge in [0.25, 0.3) is 0 Å². The molecule has 4 heteroatoms. The Morgan fingerprint density at radius 1 is 1.36 bits per heavy atom. The molecule has 0 radical (unpaired) electrons. The predicted molar refractivity (Wildman–Crippen MR) is 56.9 cm³/mol. The van der Waals surface area contributed by atoms with Crippen LogP contribution in [0.25, 0.3) is 0 Å². The fraction of sp³-hybridized carbons (Fsp3) is 0.600. The molecule has 0 aliphatic carbocycles. The lowest BCUT2D eigenvalue weighted by molar-refractivity contribution is 0.302. The van der Waals surface area contributed by atoms with E-state index in [0.29, 0.717) is 6.04 Å². The molecule has 0 bridgehead atoms. The molecule has 1 rings (SSSR count). The first-order valence-corrected chi connectivity index (χ1v) is 4.81. The van der Waals surface area contributed by atoms with Crippen LogP contribution in [-0.2, 0) is 6.54 Å². The number of rotatable bonds is 5. The zero-order chi connectivity index (χ0) is 10.4. The molecule has 1 heterocycles. The molecule has 0 spiro atoms. The first-order valence-electron chi connectivity index (χ1n) is 4.81. The van der Waals surface area contributed by atoms with E-state index in [9.17, 15) is 0 Å². The average Bonchev–Trinajstić information content (AvgIpc) is 2.19. The summed E-state index contributed by atoms with van der Waals surface area (Å²) in [7, 11) is 4.16. The Labute approximate surface area is 85.4 Å². The fourth-order valence-corrected chi connectivity index (χ4v) is 1.03. The normalized spacial score (nSPS) is 13.1. The van der Waals surface area contributed by atoms with Gasteiger partial charge in [0, 0.05) is 37.1 Å². The standard InChI is InChI=1S/C10H18N4/c1-9(14(2)3)4-11-5-10-6-12-8-13-7-10/h6-9,11H,4-5H2,1-3H3. The second-order valence-electron chi connectivity index (χ2n) is 3.69. The van der Waals surface area contributed by atoms with E-state index >= 15 is 0 Å². The predicted octanol–water partition coefficient (Wildman–Crippen LogP) is 0.516. The van der Waals surface area contributed by atoms with E-state index in [-0.39, 0.29) is 0 Å². The Morgan fingerprint density at radius 2 is 2.00 bits per heavy atom. The van der Waals surface area contributed by atoms with Gasteiger partial charge in [-0.2, -0.15) is 0 Å². The van der Waals surface area contributed by atoms with E-state index in [1.165, 1.54) is 0 Å². The lowest BCUT2D eigenvalue weighted by Crippen LogP contribution is -2.35. The third-order valence-corrected chi connectivity index (χ3v) is 2.26. The number of nitrogens with zero attached hydrogens (tertiary/aromatic N) is 3. The summed E-state index contributed by atoms with van der Waals surface area (Å²) in [5.74, 6) is 0. The highest BCUT2D eigenvalue weighted by Crippen LogP contribution is 1.93. The minimum absolute atomic E-state index is 0.541. The van der Waals surface area contributed by atoms with Crippen molar-refractivity contribution >= 4 is 0 Å². The Kier molecular flexibility index (Phi) is 4.49. The van der Waals surface area contributed by atoms with Gasteiger partial charge < -0.3 is 10.2 Å². The van der Waals surface area contributed by atoms with Crippen molar-refractivity contribution in [3.63, 3.8) is 0 Å². The van der Waals surface area contributed by atoms with Crippen LogP contribution < -0.4 is 5.32 Å². The highest BCUT2D eigenvalue weighted by atomic mass is 15.1. The number of likely N-dealkylation sites (N-methyl/N-ethyl adjacent to an activating group) is 1. The molecule has 4 nitrogen and oxygen atoms in total. The second kappa shape index (κ2) is 5.67. The summed E-state index contributed by atoms with van der Waals surface area (Å²) < 4.78 is 0. The summed E-state index contributed by atoms with van der Waals surface area (Å²) in [5, 5.41) is 3.36. The van der Waals surface area contributed by atoms with E-state index in [2.05, 4.69) is 41.2 Å². The molecule has 0 saturated heterocycles. The molecule has 1 N–H and O–H groups in total. The zero-order valence-corrected chi connectivity index (χ0v) is 9.07. The van der Waals surface area contributed by atoms with Gasteiger partial charge in [0.1, 0.15) is 6.33 Å². The van der Waals surface area contributed by atoms with Crippen molar-refractivity contribution in [2.75, 3.05) is 20.6 Å². The second-order valence-corrected chi connectivity index (χ2v) is 3.69. The third kappa shape index (κ3) is 3.81. The molecule has 0 aliphatic rings. The molecule has 1 atom stereocenters. The monoisotopic (exact) mass is 194 g/mol. The quantitative estimate of drug-likeness (QED) is 0.742. The molecule has 1 unspecified atom stereocenters. The van der Waals surface area contributed by atoms with Gasteiger partial charge in [0.2, 0.25) is 0 Å². The molecule has 0 aromatic carbocycles. The molecule has 1 aromatic heterocycles. The van der Waals surface area contributed by atoms with Crippen molar-refractivity contribution in [2.45, 2.75) is 19.5 Å². The largest absolute Gasteiger partial charge is 0.311 e. The molecule has 14 heavy (non-hydrogen) atoms. The van der Waals surface area contributed by atoms with Crippen LogP contribution in [0.2, 0.25) is 0 Å². The molecule has 0 saturated carbocycles. The first-order chi connectivity index (χ1) is 6.70. The van der Waals surface area contributed by atoms with Gasteiger partial charge in [-0.15, -0.1) is 0 Å². The lowest BCUT2D eigenvalue weighted by Gasteiger charge is -2.19. The molecule has 1 aromatic rings. The van der Waals surface area contributed by atoms with E-state index in [1.807, 2.05) is 12.4 Å². The van der Waals surface area contributed by atoms with Gasteiger partial charge in [-0.1, -0.05) is 0 Å². The smallest absolute Gasteiger partial charge is 0.115 e. The van der Waals surface area contributed by atoms with Crippen LogP contribution in [0.15, 0.2) is 18.7 Å². The van der Waals surface area contributed by atoms with Crippen LogP contribution in [-0.4, -0.2) is 41.5 Å². The Morgan fingerprint density at radius 3 is 2.57 bits per heavy atom. The summed E-state index contributed by atoms with van der Waals surface area (Å²) in [4.78, 5) is 10.1. The summed E-state index contributed by atoms with van der Waals surface area (Å²) in [5.41, 5.74) is 1.12. The first kappa shape index (κ1) is 11.1. The van der Waals surface area contributed by atoms with Crippen LogP contribution in [0.3, 0.4) is 0 Å². The van der Waals surface area contributed by atoms with Crippen molar-refractivity contribution in [3.8, 4) is 0 Å². The summed E-state index contributed by atoms with van der Waals surface area (Å²) in [6, 6.07) is 0.541. The molecular weight excluding hydrogens is 176 g/mol. The number of aromatic nitrogens is 2. The minimum atomic E-state index is 0.541. The summed E-state index contributed by atoms with van der Waals surface area (Å²) in [6.45, 7) is 4.00. The van der Waals surface area contributed by atoms with Crippen molar-refractivity contribution in [3.05, 3.63) is 24.3 Å². The highest BCUT2D eigenvalue weighted by molar-refractivity contribution is 5.01. The van der Waals surface area contributed by atoms with Crippen molar-refractivity contribution in [2.24, 2.45) is 0 Å². The van der Waals surface area contributed by atoms with Crippen LogP contribution in [0.1, 0.15) is 12.5 Å². The van der Waals surface area contributed by atoms with E-state index in [4.69, 9.17) is 0 Å². The average molecular weight is 194 g/mol. The van der Waals surface area contributed by atoms with Crippen molar-refractivity contribution < 1.29 is 0 Å². The van der Waals surface area contributed by atoms with E-state index in [1.54, 1.807) is 6.33 Å². The van der Waals surface area contributed by atoms with E-state index < -0.39 is 0 Å². The van der Waals surface area contributed by atoms with Gasteiger partial charge in [-0.3, -0.25) is 0 Å². The van der Waals surface area contributed by atoms with Crippen LogP contribution >= 0.6 is 0 Å². The van der Waals surface area contributed by atoms with Gasteiger partial charge in [-0.25, -0.2) is 9.97 Å². The topological polar surface area (TPSA) is 41.1 Å². The maximum atomic E-state index is 3.96. The van der Waals surface area contributed by atoms with Crippen LogP contribution in [0.5, 0.6) is 0 Å². The Hall–Kier alpha value is -1.00. The highest BCUT2D eigenvalue weighted by Gasteiger charge is 2.02. The Balaban J connectivity index is 2.22. The third-order valence-electron chi connectivity index (χ3n) is 2.26. The number of nitrogens with one attached hydrogen (secondary N) is 1. The lowest BCUT2D eigenvalue weighted by atomic mass is 10.3. The minimum Gasteiger partial charge on any atom is -0.311 e. The number of hydrogen-bond acceptors (Lipinski definition) is 4. The summed E-state index contributed by atoms with van der Waals surface area (Å²) >= 11 is 0. The SMILES string of the molecule is CC(CNCc1cncnc1)N(C)C. The fourth-order valence-electron chi connectivity index (χ4n) is 1.03. The van der Waals surface area contributed by atoms with Gasteiger partial charge in [0.05, 0.1) is 0 Å². The van der Waals surface area contributed by atoms with Gasteiger partial charge >= 0.3 is 0 Å². The molecule has 0 aliphatic heterocycles. The van der Waals surface area contributed by atoms with Gasteiger partial charge in [0.15, 0.2) is 0 Å². The Bertz CT molecular complexity index is 248. The summed E-state index contributed by atoms with van der Waals surface area (Å²) in [6.07, 6.45) is 5.21. The molecular formula is C10H18N4. The van der Waals surface area contributed by atoms with Crippen LogP contribution in [0, 0.1) is 0 Å². The van der Waals surface area contributed by atoms with Crippen molar-refractivity contribution in [1.82, 2.24) is 20.2 Å². The molecule has 78 valence electrons. The molecule has 0 fully saturated rings. The van der Waals surface area contributed by atoms with Crippen LogP contribution in [0.4, 0.5) is 0 Å². The van der Waals surface area contributed by atoms with Crippen molar-refractivity contribution in [1.29, 1.82) is 0 Å². The van der Waals surface area contributed by atoms with E-state index in [0.717, 1.165) is 18.7 Å². The maximum Gasteiger partial charge on any atom is 0.115 e. The number of hydrogen-bond donors (Lipinski definition) is 1.